The molecule has 2 rings (SSSR count). The number of benzene rings is 1. The third-order valence-electron chi connectivity index (χ3n) is 2.00. The molecular formula is C13H10ClP. The number of allylic oxidation sites excluding steroid dienone is 5. The van der Waals surface area contributed by atoms with Crippen LogP contribution in [0.15, 0.2) is 71.8 Å². The lowest BCUT2D eigenvalue weighted by atomic mass is 10.4. The van der Waals surface area contributed by atoms with Crippen molar-refractivity contribution >= 4 is 23.8 Å². The maximum atomic E-state index is 6.42. The minimum absolute atomic E-state index is 0.791. The Labute approximate surface area is 95.8 Å². The number of hydrogen-bond acceptors (Lipinski definition) is 0. The van der Waals surface area contributed by atoms with Gasteiger partial charge in [0.15, 0.2) is 0 Å². The maximum absolute atomic E-state index is 6.42. The highest BCUT2D eigenvalue weighted by Crippen LogP contribution is 2.48. The second kappa shape index (κ2) is 5.14. The van der Waals surface area contributed by atoms with Crippen molar-refractivity contribution < 1.29 is 0 Å². The topological polar surface area (TPSA) is 0 Å². The van der Waals surface area contributed by atoms with Gasteiger partial charge >= 0.3 is 0 Å². The summed E-state index contributed by atoms with van der Waals surface area (Å²) in [5, 5.41) is 2.22. The zero-order chi connectivity index (χ0) is 10.5. The van der Waals surface area contributed by atoms with Gasteiger partial charge in [0.25, 0.3) is 0 Å². The van der Waals surface area contributed by atoms with Crippen molar-refractivity contribution in [1.29, 1.82) is 0 Å². The molecule has 15 heavy (non-hydrogen) atoms. The van der Waals surface area contributed by atoms with E-state index in [0.717, 1.165) is 10.6 Å². The summed E-state index contributed by atoms with van der Waals surface area (Å²) in [6.07, 6.45) is 9.84. The Morgan fingerprint density at radius 3 is 2.60 bits per heavy atom. The van der Waals surface area contributed by atoms with Crippen LogP contribution in [0.1, 0.15) is 0 Å². The molecule has 1 aromatic carbocycles. The molecule has 0 amide bonds. The molecule has 1 unspecified atom stereocenters. The highest BCUT2D eigenvalue weighted by Gasteiger charge is 2.10. The van der Waals surface area contributed by atoms with E-state index in [-0.39, 0.29) is 0 Å². The van der Waals surface area contributed by atoms with Gasteiger partial charge in [0, 0.05) is 5.31 Å². The molecule has 0 saturated heterocycles. The van der Waals surface area contributed by atoms with Gasteiger partial charge in [-0.25, -0.2) is 0 Å². The fraction of sp³-hybridized carbons (Fsp3) is 0. The molecule has 1 aromatic rings. The maximum Gasteiger partial charge on any atom is 0.0603 e. The van der Waals surface area contributed by atoms with Crippen molar-refractivity contribution in [2.75, 3.05) is 0 Å². The summed E-state index contributed by atoms with van der Waals surface area (Å²) in [4.78, 5) is 0. The monoisotopic (exact) mass is 232 g/mol. The zero-order valence-corrected chi connectivity index (χ0v) is 9.75. The quantitative estimate of drug-likeness (QED) is 0.532. The Morgan fingerprint density at radius 1 is 1.00 bits per heavy atom. The molecule has 0 nitrogen and oxygen atoms in total. The molecule has 0 aliphatic heterocycles. The van der Waals surface area contributed by atoms with Crippen molar-refractivity contribution in [1.82, 2.24) is 0 Å². The van der Waals surface area contributed by atoms with E-state index in [0.29, 0.717) is 0 Å². The van der Waals surface area contributed by atoms with Crippen LogP contribution in [0.25, 0.3) is 0 Å². The standard InChI is InChI=1S/C13H10ClP/c14-15(13-10-6-3-7-11-13)12-8-4-1-2-5-9-12/h1-8,10-11H. The molecule has 0 spiro atoms. The minimum atomic E-state index is -0.791. The number of rotatable bonds is 2. The highest BCUT2D eigenvalue weighted by atomic mass is 35.7. The molecule has 0 radical (unpaired) electrons. The van der Waals surface area contributed by atoms with E-state index in [4.69, 9.17) is 11.2 Å². The Hall–Kier alpha value is -1.06. The lowest BCUT2D eigenvalue weighted by Crippen LogP contribution is -1.95. The van der Waals surface area contributed by atoms with Gasteiger partial charge in [-0.05, 0) is 17.5 Å². The summed E-state index contributed by atoms with van der Waals surface area (Å²) < 4.78 is 0. The van der Waals surface area contributed by atoms with Crippen LogP contribution in [0.2, 0.25) is 0 Å². The molecule has 1 aliphatic carbocycles. The Balaban J connectivity index is 2.30. The average molecular weight is 233 g/mol. The normalized spacial score (nSPS) is 15.9. The fourth-order valence-corrected chi connectivity index (χ4v) is 3.04. The average Bonchev–Trinajstić information content (AvgIpc) is 2.58. The zero-order valence-electron chi connectivity index (χ0n) is 8.10. The van der Waals surface area contributed by atoms with Gasteiger partial charge in [-0.15, -0.1) is 5.73 Å². The van der Waals surface area contributed by atoms with Crippen LogP contribution in [0.5, 0.6) is 0 Å². The van der Waals surface area contributed by atoms with E-state index in [1.807, 2.05) is 48.6 Å². The van der Waals surface area contributed by atoms with Gasteiger partial charge in [0.05, 0.1) is 7.27 Å². The molecule has 1 aliphatic rings. The number of halogens is 1. The minimum Gasteiger partial charge on any atom is -0.111 e. The predicted octanol–water partition coefficient (Wildman–Crippen LogP) is 4.11. The summed E-state index contributed by atoms with van der Waals surface area (Å²) in [5.41, 5.74) is 3.19. The van der Waals surface area contributed by atoms with Crippen LogP contribution in [-0.2, 0) is 0 Å². The van der Waals surface area contributed by atoms with Gasteiger partial charge in [-0.2, -0.15) is 0 Å². The van der Waals surface area contributed by atoms with E-state index in [2.05, 4.69) is 17.9 Å². The molecule has 74 valence electrons. The van der Waals surface area contributed by atoms with E-state index in [9.17, 15) is 0 Å². The van der Waals surface area contributed by atoms with Gasteiger partial charge in [0.2, 0.25) is 0 Å². The summed E-state index contributed by atoms with van der Waals surface area (Å²) >= 11 is 6.42. The van der Waals surface area contributed by atoms with E-state index < -0.39 is 7.27 Å². The van der Waals surface area contributed by atoms with E-state index in [1.165, 1.54) is 0 Å². The SMILES string of the molecule is ClP(C1=C=CC=CC=C1)c1ccccc1. The Bertz CT molecular complexity index is 451. The van der Waals surface area contributed by atoms with Crippen LogP contribution >= 0.6 is 18.5 Å². The van der Waals surface area contributed by atoms with Gasteiger partial charge < -0.3 is 0 Å². The Kier molecular flexibility index (Phi) is 3.59. The molecule has 2 heteroatoms. The van der Waals surface area contributed by atoms with E-state index >= 15 is 0 Å². The molecule has 0 heterocycles. The predicted molar refractivity (Wildman–Crippen MR) is 68.7 cm³/mol. The van der Waals surface area contributed by atoms with Gasteiger partial charge in [-0.1, -0.05) is 59.8 Å². The molecule has 0 bridgehead atoms. The first-order valence-corrected chi connectivity index (χ1v) is 6.93. The first-order chi connectivity index (χ1) is 7.38. The molecular weight excluding hydrogens is 223 g/mol. The van der Waals surface area contributed by atoms with Gasteiger partial charge in [-0.3, -0.25) is 0 Å². The lowest BCUT2D eigenvalue weighted by molar-refractivity contribution is 1.77. The van der Waals surface area contributed by atoms with Crippen molar-refractivity contribution in [3.05, 3.63) is 71.8 Å². The van der Waals surface area contributed by atoms with Crippen molar-refractivity contribution in [3.63, 3.8) is 0 Å². The molecule has 0 N–H and O–H groups in total. The van der Waals surface area contributed by atoms with Crippen LogP contribution in [0.4, 0.5) is 0 Å². The fourth-order valence-electron chi connectivity index (χ4n) is 1.27. The molecule has 0 aromatic heterocycles. The molecule has 1 atom stereocenters. The van der Waals surface area contributed by atoms with Crippen molar-refractivity contribution in [2.24, 2.45) is 0 Å². The first-order valence-electron chi connectivity index (χ1n) is 4.69. The second-order valence-corrected chi connectivity index (χ2v) is 5.63. The first kappa shape index (κ1) is 10.5. The second-order valence-electron chi connectivity index (χ2n) is 3.06. The lowest BCUT2D eigenvalue weighted by Gasteiger charge is -2.08. The summed E-state index contributed by atoms with van der Waals surface area (Å²) in [5.74, 6) is 0. The van der Waals surface area contributed by atoms with Crippen LogP contribution in [0.3, 0.4) is 0 Å². The smallest absolute Gasteiger partial charge is 0.0603 e. The summed E-state index contributed by atoms with van der Waals surface area (Å²) in [7, 11) is -0.791. The molecule has 0 fully saturated rings. The highest BCUT2D eigenvalue weighted by molar-refractivity contribution is 7.93. The summed E-state index contributed by atoms with van der Waals surface area (Å²) in [6.45, 7) is 0. The number of hydrogen-bond donors (Lipinski definition) is 0. The summed E-state index contributed by atoms with van der Waals surface area (Å²) in [6, 6.07) is 10.1. The largest absolute Gasteiger partial charge is 0.111 e. The van der Waals surface area contributed by atoms with Crippen LogP contribution in [0, 0.1) is 0 Å². The van der Waals surface area contributed by atoms with E-state index in [1.54, 1.807) is 0 Å². The van der Waals surface area contributed by atoms with Crippen molar-refractivity contribution in [3.8, 4) is 0 Å². The van der Waals surface area contributed by atoms with Crippen molar-refractivity contribution in [2.45, 2.75) is 0 Å². The third kappa shape index (κ3) is 2.70. The third-order valence-corrected chi connectivity index (χ3v) is 4.58. The van der Waals surface area contributed by atoms with Gasteiger partial charge in [0.1, 0.15) is 0 Å². The van der Waals surface area contributed by atoms with Crippen LogP contribution < -0.4 is 5.30 Å². The van der Waals surface area contributed by atoms with Crippen LogP contribution in [-0.4, -0.2) is 0 Å². The molecule has 0 saturated carbocycles. The Morgan fingerprint density at radius 2 is 1.80 bits per heavy atom.